The number of pyridine rings is 1. The first-order valence-electron chi connectivity index (χ1n) is 6.88. The lowest BCUT2D eigenvalue weighted by Gasteiger charge is -2.22. The van der Waals surface area contributed by atoms with Crippen LogP contribution in [0.5, 0.6) is 0 Å². The molecule has 0 spiro atoms. The summed E-state index contributed by atoms with van der Waals surface area (Å²) in [6.45, 7) is 5.77. The quantitative estimate of drug-likeness (QED) is 0.895. The molecule has 2 aromatic heterocycles. The molecule has 21 heavy (non-hydrogen) atoms. The van der Waals surface area contributed by atoms with Gasteiger partial charge in [0, 0.05) is 25.1 Å². The summed E-state index contributed by atoms with van der Waals surface area (Å²) in [5.41, 5.74) is 0.455. The van der Waals surface area contributed by atoms with E-state index >= 15 is 0 Å². The molecule has 0 fully saturated rings. The van der Waals surface area contributed by atoms with Crippen molar-refractivity contribution < 1.29 is 4.79 Å². The number of aromatic nitrogens is 3. The summed E-state index contributed by atoms with van der Waals surface area (Å²) in [4.78, 5) is 31.1. The van der Waals surface area contributed by atoms with E-state index in [1.165, 1.54) is 0 Å². The molecular formula is C15H20N4O2. The second kappa shape index (κ2) is 5.95. The minimum atomic E-state index is -0.391. The highest BCUT2D eigenvalue weighted by Gasteiger charge is 2.23. The van der Waals surface area contributed by atoms with Gasteiger partial charge in [-0.15, -0.1) is 0 Å². The van der Waals surface area contributed by atoms with Crippen LogP contribution in [0.15, 0.2) is 29.3 Å². The monoisotopic (exact) mass is 288 g/mol. The largest absolute Gasteiger partial charge is 0.342 e. The maximum absolute atomic E-state index is 12.3. The summed E-state index contributed by atoms with van der Waals surface area (Å²) in [5.74, 6) is 0.527. The minimum Gasteiger partial charge on any atom is -0.342 e. The van der Waals surface area contributed by atoms with E-state index in [0.29, 0.717) is 0 Å². The van der Waals surface area contributed by atoms with Crippen LogP contribution in [-0.2, 0) is 7.05 Å². The normalized spacial score (nSPS) is 12.4. The SMILES string of the molecule is Cc1ccc(C(=O)NC(c2nccn2C)C(C)C)c(=O)[nH]1. The van der Waals surface area contributed by atoms with Gasteiger partial charge in [0.1, 0.15) is 11.4 Å². The number of carbonyl (C=O) groups excluding carboxylic acids is 1. The molecule has 2 heterocycles. The van der Waals surface area contributed by atoms with Crippen molar-refractivity contribution in [3.8, 4) is 0 Å². The van der Waals surface area contributed by atoms with Crippen LogP contribution in [0, 0.1) is 12.8 Å². The molecule has 6 nitrogen and oxygen atoms in total. The Kier molecular flexibility index (Phi) is 4.26. The van der Waals surface area contributed by atoms with E-state index in [-0.39, 0.29) is 23.1 Å². The zero-order chi connectivity index (χ0) is 15.6. The van der Waals surface area contributed by atoms with Crippen LogP contribution in [0.1, 0.15) is 41.8 Å². The van der Waals surface area contributed by atoms with E-state index in [4.69, 9.17) is 0 Å². The molecule has 0 radical (unpaired) electrons. The lowest BCUT2D eigenvalue weighted by Crippen LogP contribution is -2.36. The van der Waals surface area contributed by atoms with Gasteiger partial charge in [0.2, 0.25) is 0 Å². The Morgan fingerprint density at radius 1 is 1.38 bits per heavy atom. The number of hydrogen-bond donors (Lipinski definition) is 2. The maximum Gasteiger partial charge on any atom is 0.260 e. The number of nitrogens with zero attached hydrogens (tertiary/aromatic N) is 2. The van der Waals surface area contributed by atoms with Crippen LogP contribution in [0.2, 0.25) is 0 Å². The Balaban J connectivity index is 2.27. The van der Waals surface area contributed by atoms with Crippen LogP contribution in [0.25, 0.3) is 0 Å². The third-order valence-corrected chi connectivity index (χ3v) is 3.39. The molecule has 2 rings (SSSR count). The lowest BCUT2D eigenvalue weighted by molar-refractivity contribution is 0.0921. The summed E-state index contributed by atoms with van der Waals surface area (Å²) in [6.07, 6.45) is 3.52. The van der Waals surface area contributed by atoms with E-state index in [9.17, 15) is 9.59 Å². The van der Waals surface area contributed by atoms with Crippen LogP contribution >= 0.6 is 0 Å². The highest BCUT2D eigenvalue weighted by molar-refractivity contribution is 5.94. The van der Waals surface area contributed by atoms with Crippen LogP contribution in [0.3, 0.4) is 0 Å². The van der Waals surface area contributed by atoms with E-state index < -0.39 is 5.91 Å². The predicted octanol–water partition coefficient (Wildman–Crippen LogP) is 1.54. The Hall–Kier alpha value is -2.37. The molecule has 1 unspecified atom stereocenters. The molecule has 0 aliphatic heterocycles. The molecule has 0 aromatic carbocycles. The summed E-state index contributed by atoms with van der Waals surface area (Å²) in [5, 5.41) is 2.89. The zero-order valence-electron chi connectivity index (χ0n) is 12.7. The molecular weight excluding hydrogens is 268 g/mol. The van der Waals surface area contributed by atoms with E-state index in [1.54, 1.807) is 25.3 Å². The van der Waals surface area contributed by atoms with Gasteiger partial charge in [-0.2, -0.15) is 0 Å². The number of aryl methyl sites for hydroxylation is 2. The first kappa shape index (κ1) is 15.0. The van der Waals surface area contributed by atoms with Crippen molar-refractivity contribution in [2.24, 2.45) is 13.0 Å². The number of carbonyl (C=O) groups is 1. The molecule has 0 aliphatic carbocycles. The standard InChI is InChI=1S/C15H20N4O2/c1-9(2)12(13-16-7-8-19(13)4)18-15(21)11-6-5-10(3)17-14(11)20/h5-9,12H,1-4H3,(H,17,20)(H,18,21). The van der Waals surface area contributed by atoms with Gasteiger partial charge in [-0.3, -0.25) is 9.59 Å². The average molecular weight is 288 g/mol. The Morgan fingerprint density at radius 2 is 2.10 bits per heavy atom. The fraction of sp³-hybridized carbons (Fsp3) is 0.400. The summed E-state index contributed by atoms with van der Waals surface area (Å²) < 4.78 is 1.87. The van der Waals surface area contributed by atoms with Crippen molar-refractivity contribution in [1.82, 2.24) is 19.9 Å². The van der Waals surface area contributed by atoms with Crippen LogP contribution in [0.4, 0.5) is 0 Å². The third-order valence-electron chi connectivity index (χ3n) is 3.39. The number of H-pyrrole nitrogens is 1. The van der Waals surface area contributed by atoms with Gasteiger partial charge in [0.25, 0.3) is 11.5 Å². The van der Waals surface area contributed by atoms with Gasteiger partial charge in [-0.05, 0) is 25.0 Å². The van der Waals surface area contributed by atoms with E-state index in [1.807, 2.05) is 31.7 Å². The third kappa shape index (κ3) is 3.21. The molecule has 2 aromatic rings. The van der Waals surface area contributed by atoms with Crippen molar-refractivity contribution in [3.63, 3.8) is 0 Å². The van der Waals surface area contributed by atoms with E-state index in [2.05, 4.69) is 15.3 Å². The average Bonchev–Trinajstić information content (AvgIpc) is 2.81. The lowest BCUT2D eigenvalue weighted by atomic mass is 10.0. The van der Waals surface area contributed by atoms with Crippen LogP contribution in [-0.4, -0.2) is 20.4 Å². The summed E-state index contributed by atoms with van der Waals surface area (Å²) >= 11 is 0. The first-order valence-corrected chi connectivity index (χ1v) is 6.88. The Bertz CT molecular complexity index is 700. The second-order valence-electron chi connectivity index (χ2n) is 5.48. The van der Waals surface area contributed by atoms with Gasteiger partial charge in [0.05, 0.1) is 6.04 Å². The number of imidazole rings is 1. The van der Waals surface area contributed by atoms with Crippen molar-refractivity contribution in [3.05, 3.63) is 52.0 Å². The summed E-state index contributed by atoms with van der Waals surface area (Å²) in [6, 6.07) is 3.00. The van der Waals surface area contributed by atoms with Gasteiger partial charge in [0.15, 0.2) is 0 Å². The number of aromatic amines is 1. The predicted molar refractivity (Wildman–Crippen MR) is 80.1 cm³/mol. The molecule has 0 saturated carbocycles. The molecule has 0 aliphatic rings. The minimum absolute atomic E-state index is 0.112. The number of rotatable bonds is 4. The first-order chi connectivity index (χ1) is 9.90. The smallest absolute Gasteiger partial charge is 0.260 e. The van der Waals surface area contributed by atoms with Gasteiger partial charge >= 0.3 is 0 Å². The number of amides is 1. The molecule has 0 bridgehead atoms. The topological polar surface area (TPSA) is 79.8 Å². The molecule has 2 N–H and O–H groups in total. The van der Waals surface area contributed by atoms with Crippen molar-refractivity contribution >= 4 is 5.91 Å². The molecule has 6 heteroatoms. The van der Waals surface area contributed by atoms with Gasteiger partial charge in [-0.1, -0.05) is 13.8 Å². The van der Waals surface area contributed by atoms with Gasteiger partial charge in [-0.25, -0.2) is 4.98 Å². The van der Waals surface area contributed by atoms with Crippen molar-refractivity contribution in [2.75, 3.05) is 0 Å². The van der Waals surface area contributed by atoms with Gasteiger partial charge < -0.3 is 14.9 Å². The molecule has 1 amide bonds. The van der Waals surface area contributed by atoms with Crippen molar-refractivity contribution in [1.29, 1.82) is 0 Å². The molecule has 1 atom stereocenters. The molecule has 0 saturated heterocycles. The highest BCUT2D eigenvalue weighted by atomic mass is 16.2. The fourth-order valence-electron chi connectivity index (χ4n) is 2.18. The van der Waals surface area contributed by atoms with Crippen LogP contribution < -0.4 is 10.9 Å². The highest BCUT2D eigenvalue weighted by Crippen LogP contribution is 2.19. The number of hydrogen-bond acceptors (Lipinski definition) is 3. The van der Waals surface area contributed by atoms with Crippen molar-refractivity contribution in [2.45, 2.75) is 26.8 Å². The zero-order valence-corrected chi connectivity index (χ0v) is 12.7. The summed E-state index contributed by atoms with van der Waals surface area (Å²) in [7, 11) is 1.88. The second-order valence-corrected chi connectivity index (χ2v) is 5.48. The Morgan fingerprint density at radius 3 is 2.62 bits per heavy atom. The maximum atomic E-state index is 12.3. The number of nitrogens with one attached hydrogen (secondary N) is 2. The Labute approximate surface area is 123 Å². The van der Waals surface area contributed by atoms with E-state index in [0.717, 1.165) is 11.5 Å². The fourth-order valence-corrected chi connectivity index (χ4v) is 2.18. The molecule has 112 valence electrons.